The Balaban J connectivity index is 0.000000531. The van der Waals surface area contributed by atoms with Crippen molar-refractivity contribution in [2.24, 2.45) is 0 Å². The summed E-state index contributed by atoms with van der Waals surface area (Å²) in [6, 6.07) is 11.7. The number of fused-ring (bicyclic) bond motifs is 1. The summed E-state index contributed by atoms with van der Waals surface area (Å²) in [6.45, 7) is 4.00. The molecule has 0 aliphatic carbocycles. The van der Waals surface area contributed by atoms with Gasteiger partial charge in [-0.25, -0.2) is 0 Å². The fourth-order valence-corrected chi connectivity index (χ4v) is 1.50. The summed E-state index contributed by atoms with van der Waals surface area (Å²) in [7, 11) is 2.22. The zero-order valence-corrected chi connectivity index (χ0v) is 10.2. The molecule has 80 valence electrons. The molecule has 0 fully saturated rings. The minimum Gasteiger partial charge on any atom is -0.480 e. The van der Waals surface area contributed by atoms with Crippen LogP contribution < -0.4 is 10.3 Å². The standard InChI is InChI=1S/C10H10NOP.C2H6/c11-10-3-1-2-7-4-5-8(12-13)6-9(7)10;1-2/h1-6H,11,13H2;1-2H3. The van der Waals surface area contributed by atoms with E-state index in [1.54, 1.807) is 0 Å². The Kier molecular flexibility index (Phi) is 4.38. The van der Waals surface area contributed by atoms with Crippen molar-refractivity contribution in [1.29, 1.82) is 0 Å². The first-order valence-corrected chi connectivity index (χ1v) is 5.43. The van der Waals surface area contributed by atoms with Gasteiger partial charge in [0.2, 0.25) is 0 Å². The van der Waals surface area contributed by atoms with E-state index in [4.69, 9.17) is 10.3 Å². The van der Waals surface area contributed by atoms with Crippen LogP contribution in [0.4, 0.5) is 5.69 Å². The van der Waals surface area contributed by atoms with Crippen LogP contribution >= 0.6 is 9.47 Å². The quantitative estimate of drug-likeness (QED) is 0.589. The molecule has 0 spiro atoms. The number of nitrogens with two attached hydrogens (primary N) is 1. The molecule has 0 saturated carbocycles. The van der Waals surface area contributed by atoms with E-state index in [0.29, 0.717) is 0 Å². The van der Waals surface area contributed by atoms with E-state index in [1.165, 1.54) is 0 Å². The van der Waals surface area contributed by atoms with Crippen LogP contribution in [0.2, 0.25) is 0 Å². The lowest BCUT2D eigenvalue weighted by atomic mass is 10.1. The molecule has 2 aromatic carbocycles. The molecule has 2 rings (SSSR count). The fourth-order valence-electron chi connectivity index (χ4n) is 1.35. The summed E-state index contributed by atoms with van der Waals surface area (Å²) in [5, 5.41) is 2.16. The van der Waals surface area contributed by atoms with Crippen LogP contribution in [0.5, 0.6) is 5.75 Å². The maximum atomic E-state index is 5.82. The van der Waals surface area contributed by atoms with Crippen molar-refractivity contribution in [3.05, 3.63) is 36.4 Å². The molecule has 3 heteroatoms. The van der Waals surface area contributed by atoms with Gasteiger partial charge in [-0.2, -0.15) is 0 Å². The highest BCUT2D eigenvalue weighted by Gasteiger charge is 1.98. The molecule has 1 unspecified atom stereocenters. The summed E-state index contributed by atoms with van der Waals surface area (Å²) in [4.78, 5) is 0. The van der Waals surface area contributed by atoms with E-state index in [9.17, 15) is 0 Å². The van der Waals surface area contributed by atoms with E-state index in [-0.39, 0.29) is 0 Å². The first-order valence-electron chi connectivity index (χ1n) is 4.96. The first kappa shape index (κ1) is 11.8. The number of anilines is 1. The lowest BCUT2D eigenvalue weighted by Gasteiger charge is -2.03. The normalized spacial score (nSPS) is 9.27. The maximum Gasteiger partial charge on any atom is 0.123 e. The van der Waals surface area contributed by atoms with E-state index in [2.05, 4.69) is 9.47 Å². The molecule has 0 saturated heterocycles. The predicted octanol–water partition coefficient (Wildman–Crippen LogP) is 3.62. The Morgan fingerprint density at radius 1 is 1.13 bits per heavy atom. The highest BCUT2D eigenvalue weighted by molar-refractivity contribution is 7.10. The molecule has 0 amide bonds. The third kappa shape index (κ3) is 2.60. The van der Waals surface area contributed by atoms with Gasteiger partial charge in [-0.05, 0) is 23.6 Å². The second kappa shape index (κ2) is 5.57. The monoisotopic (exact) mass is 221 g/mol. The summed E-state index contributed by atoms with van der Waals surface area (Å²) >= 11 is 0. The molecular formula is C12H16NOP. The molecule has 0 radical (unpaired) electrons. The number of hydrogen-bond donors (Lipinski definition) is 1. The Bertz CT molecular complexity index is 443. The van der Waals surface area contributed by atoms with Gasteiger partial charge in [-0.3, -0.25) is 0 Å². The SMILES string of the molecule is CC.Nc1cccc2ccc(OP)cc12. The molecule has 0 bridgehead atoms. The van der Waals surface area contributed by atoms with Crippen LogP contribution in [-0.2, 0) is 0 Å². The van der Waals surface area contributed by atoms with Crippen molar-refractivity contribution < 1.29 is 4.52 Å². The molecule has 15 heavy (non-hydrogen) atoms. The molecule has 0 aliphatic heterocycles. The van der Waals surface area contributed by atoms with Crippen molar-refractivity contribution >= 4 is 25.9 Å². The van der Waals surface area contributed by atoms with E-state index >= 15 is 0 Å². The van der Waals surface area contributed by atoms with Crippen molar-refractivity contribution in [1.82, 2.24) is 0 Å². The number of nitrogen functional groups attached to an aromatic ring is 1. The van der Waals surface area contributed by atoms with Crippen LogP contribution in [0.1, 0.15) is 13.8 Å². The average Bonchev–Trinajstić information content (AvgIpc) is 2.32. The van der Waals surface area contributed by atoms with Crippen molar-refractivity contribution in [3.8, 4) is 5.75 Å². The average molecular weight is 221 g/mol. The number of hydrogen-bond acceptors (Lipinski definition) is 2. The van der Waals surface area contributed by atoms with Gasteiger partial charge in [0.1, 0.15) is 5.75 Å². The minimum atomic E-state index is 0.779. The van der Waals surface area contributed by atoms with Gasteiger partial charge in [-0.15, -0.1) is 0 Å². The maximum absolute atomic E-state index is 5.82. The molecule has 0 aliphatic rings. The second-order valence-electron chi connectivity index (χ2n) is 2.85. The van der Waals surface area contributed by atoms with Crippen LogP contribution in [0.25, 0.3) is 10.8 Å². The largest absolute Gasteiger partial charge is 0.480 e. The van der Waals surface area contributed by atoms with E-state index in [1.807, 2.05) is 50.2 Å². The molecule has 2 aromatic rings. The first-order chi connectivity index (χ1) is 7.31. The molecule has 1 atom stereocenters. The smallest absolute Gasteiger partial charge is 0.123 e. The van der Waals surface area contributed by atoms with Gasteiger partial charge < -0.3 is 10.3 Å². The zero-order chi connectivity index (χ0) is 11.3. The van der Waals surface area contributed by atoms with Gasteiger partial charge in [0.05, 0.1) is 9.47 Å². The third-order valence-electron chi connectivity index (χ3n) is 2.02. The molecule has 0 heterocycles. The lowest BCUT2D eigenvalue weighted by Crippen LogP contribution is -1.86. The van der Waals surface area contributed by atoms with Gasteiger partial charge in [0, 0.05) is 11.1 Å². The lowest BCUT2D eigenvalue weighted by molar-refractivity contribution is 0.647. The fraction of sp³-hybridized carbons (Fsp3) is 0.167. The summed E-state index contributed by atoms with van der Waals surface area (Å²) in [5.74, 6) is 0.801. The minimum absolute atomic E-state index is 0.779. The van der Waals surface area contributed by atoms with Crippen LogP contribution in [0.15, 0.2) is 36.4 Å². The molecule has 2 N–H and O–H groups in total. The third-order valence-corrected chi connectivity index (χ3v) is 2.30. The number of benzene rings is 2. The number of rotatable bonds is 1. The van der Waals surface area contributed by atoms with Crippen molar-refractivity contribution in [3.63, 3.8) is 0 Å². The summed E-state index contributed by atoms with van der Waals surface area (Å²) < 4.78 is 5.04. The topological polar surface area (TPSA) is 35.2 Å². The van der Waals surface area contributed by atoms with Gasteiger partial charge in [0.15, 0.2) is 0 Å². The van der Waals surface area contributed by atoms with Crippen molar-refractivity contribution in [2.75, 3.05) is 5.73 Å². The Hall–Kier alpha value is -1.27. The Morgan fingerprint density at radius 2 is 1.87 bits per heavy atom. The predicted molar refractivity (Wildman–Crippen MR) is 70.0 cm³/mol. The van der Waals surface area contributed by atoms with Crippen molar-refractivity contribution in [2.45, 2.75) is 13.8 Å². The second-order valence-corrected chi connectivity index (χ2v) is 3.08. The summed E-state index contributed by atoms with van der Waals surface area (Å²) in [6.07, 6.45) is 0. The van der Waals surface area contributed by atoms with Crippen LogP contribution in [-0.4, -0.2) is 0 Å². The van der Waals surface area contributed by atoms with Gasteiger partial charge in [-0.1, -0.05) is 32.0 Å². The van der Waals surface area contributed by atoms with Gasteiger partial charge in [0.25, 0.3) is 0 Å². The zero-order valence-electron chi connectivity index (χ0n) is 9.03. The van der Waals surface area contributed by atoms with Gasteiger partial charge >= 0.3 is 0 Å². The summed E-state index contributed by atoms with van der Waals surface area (Å²) in [5.41, 5.74) is 6.60. The highest BCUT2D eigenvalue weighted by Crippen LogP contribution is 2.26. The molecule has 0 aromatic heterocycles. The van der Waals surface area contributed by atoms with Crippen LogP contribution in [0, 0.1) is 0 Å². The molecular weight excluding hydrogens is 205 g/mol. The molecule has 2 nitrogen and oxygen atoms in total. The highest BCUT2D eigenvalue weighted by atomic mass is 31.0. The Labute approximate surface area is 92.7 Å². The Morgan fingerprint density at radius 3 is 2.53 bits per heavy atom. The van der Waals surface area contributed by atoms with E-state index < -0.39 is 0 Å². The van der Waals surface area contributed by atoms with E-state index in [0.717, 1.165) is 22.2 Å². The van der Waals surface area contributed by atoms with Crippen LogP contribution in [0.3, 0.4) is 0 Å².